The maximum Gasteiger partial charge on any atom is 0.338 e. The number of thiocarbonyl (C=S) groups is 1. The summed E-state index contributed by atoms with van der Waals surface area (Å²) < 4.78 is 10.7. The summed E-state index contributed by atoms with van der Waals surface area (Å²) >= 11 is 5.47. The standard InChI is InChI=1S/C26H31N3O4S/c1-16(2)15-33-25(31)23-17(3)29(4)26(34)28-24(23)19-7-6-8-20(14-19)27-22(30)13-18-9-11-21(32-5)12-10-18/h6-12,14,16,24H,13,15H2,1-5H3,(H,27,30)(H,28,34). The number of methoxy groups -OCH3 is 1. The Labute approximate surface area is 206 Å². The van der Waals surface area contributed by atoms with Gasteiger partial charge in [-0.05, 0) is 60.5 Å². The molecule has 34 heavy (non-hydrogen) atoms. The highest BCUT2D eigenvalue weighted by atomic mass is 32.1. The van der Waals surface area contributed by atoms with Crippen molar-refractivity contribution in [2.75, 3.05) is 26.1 Å². The van der Waals surface area contributed by atoms with Crippen molar-refractivity contribution in [3.63, 3.8) is 0 Å². The number of allylic oxidation sites excluding steroid dienone is 1. The van der Waals surface area contributed by atoms with Gasteiger partial charge in [0.05, 0.1) is 31.8 Å². The SMILES string of the molecule is COc1ccc(CC(=O)Nc2cccc(C3NC(=S)N(C)C(C)=C3C(=O)OCC(C)C)c2)cc1. The third kappa shape index (κ3) is 6.14. The minimum atomic E-state index is -0.484. The monoisotopic (exact) mass is 481 g/mol. The molecule has 1 aliphatic heterocycles. The van der Waals surface area contributed by atoms with Crippen LogP contribution in [0.2, 0.25) is 0 Å². The van der Waals surface area contributed by atoms with E-state index in [0.717, 1.165) is 22.6 Å². The molecule has 2 N–H and O–H groups in total. The van der Waals surface area contributed by atoms with Crippen LogP contribution in [0.3, 0.4) is 0 Å². The topological polar surface area (TPSA) is 79.9 Å². The summed E-state index contributed by atoms with van der Waals surface area (Å²) in [7, 11) is 3.42. The summed E-state index contributed by atoms with van der Waals surface area (Å²) in [4.78, 5) is 27.4. The molecular weight excluding hydrogens is 450 g/mol. The van der Waals surface area contributed by atoms with Crippen molar-refractivity contribution >= 4 is 34.9 Å². The number of hydrogen-bond donors (Lipinski definition) is 2. The first-order chi connectivity index (χ1) is 16.2. The predicted molar refractivity (Wildman–Crippen MR) is 137 cm³/mol. The van der Waals surface area contributed by atoms with Crippen LogP contribution in [-0.4, -0.2) is 42.7 Å². The zero-order chi connectivity index (χ0) is 24.8. The molecule has 1 heterocycles. The lowest BCUT2D eigenvalue weighted by atomic mass is 9.94. The van der Waals surface area contributed by atoms with E-state index < -0.39 is 6.04 Å². The fourth-order valence-corrected chi connectivity index (χ4v) is 3.85. The van der Waals surface area contributed by atoms with Crippen molar-refractivity contribution in [3.05, 3.63) is 70.9 Å². The zero-order valence-electron chi connectivity index (χ0n) is 20.2. The summed E-state index contributed by atoms with van der Waals surface area (Å²) in [6.45, 7) is 6.17. The first-order valence-electron chi connectivity index (χ1n) is 11.1. The molecule has 3 rings (SSSR count). The molecule has 1 unspecified atom stereocenters. The Hall–Kier alpha value is -3.39. The smallest absolute Gasteiger partial charge is 0.338 e. The second-order valence-electron chi connectivity index (χ2n) is 8.63. The number of anilines is 1. The largest absolute Gasteiger partial charge is 0.497 e. The number of carbonyl (C=O) groups excluding carboxylic acids is 2. The summed E-state index contributed by atoms with van der Waals surface area (Å²) in [5.41, 5.74) is 3.55. The Morgan fingerprint density at radius 1 is 1.18 bits per heavy atom. The molecule has 0 radical (unpaired) electrons. The molecule has 1 atom stereocenters. The number of nitrogens with one attached hydrogen (secondary N) is 2. The van der Waals surface area contributed by atoms with Crippen molar-refractivity contribution < 1.29 is 19.1 Å². The van der Waals surface area contributed by atoms with Gasteiger partial charge < -0.3 is 25.0 Å². The van der Waals surface area contributed by atoms with Crippen molar-refractivity contribution in [3.8, 4) is 5.75 Å². The van der Waals surface area contributed by atoms with Gasteiger partial charge in [-0.2, -0.15) is 0 Å². The van der Waals surface area contributed by atoms with E-state index in [4.69, 9.17) is 21.7 Å². The van der Waals surface area contributed by atoms with Crippen LogP contribution in [-0.2, 0) is 20.7 Å². The molecule has 2 aromatic carbocycles. The number of amides is 1. The van der Waals surface area contributed by atoms with Crippen LogP contribution in [0.4, 0.5) is 5.69 Å². The molecule has 1 amide bonds. The Balaban J connectivity index is 1.80. The van der Waals surface area contributed by atoms with Crippen LogP contribution >= 0.6 is 12.2 Å². The lowest BCUT2D eigenvalue weighted by molar-refractivity contribution is -0.140. The molecule has 2 aromatic rings. The molecular formula is C26H31N3O4S. The normalized spacial score (nSPS) is 15.8. The minimum absolute atomic E-state index is 0.141. The van der Waals surface area contributed by atoms with E-state index in [1.165, 1.54) is 0 Å². The highest BCUT2D eigenvalue weighted by molar-refractivity contribution is 7.80. The number of esters is 1. The molecule has 8 heteroatoms. The number of carbonyl (C=O) groups is 2. The van der Waals surface area contributed by atoms with Crippen LogP contribution in [0.25, 0.3) is 0 Å². The quantitative estimate of drug-likeness (QED) is 0.432. The highest BCUT2D eigenvalue weighted by Gasteiger charge is 2.33. The average Bonchev–Trinajstić information content (AvgIpc) is 2.81. The van der Waals surface area contributed by atoms with Gasteiger partial charge in [-0.1, -0.05) is 38.1 Å². The maximum absolute atomic E-state index is 13.0. The van der Waals surface area contributed by atoms with Gasteiger partial charge in [0.1, 0.15) is 5.75 Å². The molecule has 0 bridgehead atoms. The summed E-state index contributed by atoms with van der Waals surface area (Å²) in [6, 6.07) is 14.3. The van der Waals surface area contributed by atoms with E-state index >= 15 is 0 Å². The van der Waals surface area contributed by atoms with E-state index in [-0.39, 0.29) is 24.2 Å². The molecule has 0 fully saturated rings. The van der Waals surface area contributed by atoms with Gasteiger partial charge in [0.25, 0.3) is 0 Å². The zero-order valence-corrected chi connectivity index (χ0v) is 21.0. The Kier molecular flexibility index (Phi) is 8.28. The van der Waals surface area contributed by atoms with E-state index in [2.05, 4.69) is 10.6 Å². The van der Waals surface area contributed by atoms with Gasteiger partial charge in [0, 0.05) is 18.4 Å². The van der Waals surface area contributed by atoms with Crippen molar-refractivity contribution in [1.82, 2.24) is 10.2 Å². The number of benzene rings is 2. The average molecular weight is 482 g/mol. The maximum atomic E-state index is 13.0. The molecule has 0 aliphatic carbocycles. The number of rotatable bonds is 8. The van der Waals surface area contributed by atoms with E-state index in [1.54, 1.807) is 12.0 Å². The number of nitrogens with zero attached hydrogens (tertiary/aromatic N) is 1. The van der Waals surface area contributed by atoms with Gasteiger partial charge in [-0.15, -0.1) is 0 Å². The fourth-order valence-electron chi connectivity index (χ4n) is 3.60. The van der Waals surface area contributed by atoms with Crippen LogP contribution in [0, 0.1) is 5.92 Å². The summed E-state index contributed by atoms with van der Waals surface area (Å²) in [5, 5.41) is 6.69. The number of hydrogen-bond acceptors (Lipinski definition) is 5. The van der Waals surface area contributed by atoms with E-state index in [9.17, 15) is 9.59 Å². The first kappa shape index (κ1) is 25.2. The van der Waals surface area contributed by atoms with E-state index in [0.29, 0.717) is 23.0 Å². The second-order valence-corrected chi connectivity index (χ2v) is 9.02. The predicted octanol–water partition coefficient (Wildman–Crippen LogP) is 4.21. The lowest BCUT2D eigenvalue weighted by Crippen LogP contribution is -2.46. The molecule has 7 nitrogen and oxygen atoms in total. The molecule has 0 saturated heterocycles. The van der Waals surface area contributed by atoms with Crippen molar-refractivity contribution in [2.24, 2.45) is 5.92 Å². The molecule has 0 aromatic heterocycles. The van der Waals surface area contributed by atoms with Crippen LogP contribution in [0.15, 0.2) is 59.8 Å². The van der Waals surface area contributed by atoms with Crippen LogP contribution in [0.5, 0.6) is 5.75 Å². The van der Waals surface area contributed by atoms with Crippen molar-refractivity contribution in [2.45, 2.75) is 33.2 Å². The molecule has 180 valence electrons. The third-order valence-electron chi connectivity index (χ3n) is 5.55. The third-order valence-corrected chi connectivity index (χ3v) is 5.94. The van der Waals surface area contributed by atoms with Gasteiger partial charge in [0.15, 0.2) is 5.11 Å². The summed E-state index contributed by atoms with van der Waals surface area (Å²) in [6.07, 6.45) is 0.233. The van der Waals surface area contributed by atoms with Crippen LogP contribution < -0.4 is 15.4 Å². The number of ether oxygens (including phenoxy) is 2. The highest BCUT2D eigenvalue weighted by Crippen LogP contribution is 2.32. The van der Waals surface area contributed by atoms with Gasteiger partial charge in [-0.3, -0.25) is 4.79 Å². The Bertz CT molecular complexity index is 1100. The molecule has 1 aliphatic rings. The lowest BCUT2D eigenvalue weighted by Gasteiger charge is -2.35. The van der Waals surface area contributed by atoms with Gasteiger partial charge >= 0.3 is 5.97 Å². The fraction of sp³-hybridized carbons (Fsp3) is 0.346. The van der Waals surface area contributed by atoms with Crippen LogP contribution in [0.1, 0.15) is 37.9 Å². The minimum Gasteiger partial charge on any atom is -0.497 e. The second kappa shape index (κ2) is 11.2. The Morgan fingerprint density at radius 3 is 2.53 bits per heavy atom. The molecule has 0 spiro atoms. The Morgan fingerprint density at radius 2 is 1.88 bits per heavy atom. The van der Waals surface area contributed by atoms with E-state index in [1.807, 2.05) is 76.3 Å². The molecule has 0 saturated carbocycles. The van der Waals surface area contributed by atoms with Gasteiger partial charge in [-0.25, -0.2) is 4.79 Å². The summed E-state index contributed by atoms with van der Waals surface area (Å²) in [5.74, 6) is 0.443. The van der Waals surface area contributed by atoms with Crippen molar-refractivity contribution in [1.29, 1.82) is 0 Å². The first-order valence-corrected chi connectivity index (χ1v) is 11.5. The van der Waals surface area contributed by atoms with Gasteiger partial charge in [0.2, 0.25) is 5.91 Å².